The van der Waals surface area contributed by atoms with Crippen molar-refractivity contribution in [3.05, 3.63) is 68.9 Å². The summed E-state index contributed by atoms with van der Waals surface area (Å²) in [5.74, 6) is 0.734. The van der Waals surface area contributed by atoms with E-state index < -0.39 is 10.0 Å². The molecular weight excluding hydrogens is 487 g/mol. The van der Waals surface area contributed by atoms with Crippen molar-refractivity contribution in [2.24, 2.45) is 0 Å². The van der Waals surface area contributed by atoms with Crippen LogP contribution in [0.2, 0.25) is 15.1 Å². The Balaban J connectivity index is 1.42. The van der Waals surface area contributed by atoms with Gasteiger partial charge < -0.3 is 4.90 Å². The van der Waals surface area contributed by atoms with Crippen LogP contribution in [0.1, 0.15) is 11.4 Å². The van der Waals surface area contributed by atoms with Crippen LogP contribution < -0.4 is 4.90 Å². The fourth-order valence-electron chi connectivity index (χ4n) is 3.16. The van der Waals surface area contributed by atoms with E-state index in [9.17, 15) is 8.42 Å². The summed E-state index contributed by atoms with van der Waals surface area (Å²) >= 11 is 19.3. The van der Waals surface area contributed by atoms with E-state index in [0.29, 0.717) is 42.6 Å². The lowest BCUT2D eigenvalue weighted by Crippen LogP contribution is -2.48. The standard InChI is InChI=1S/C19H17Cl3N4O2S2/c20-14-3-1-13(2-4-14)11-18-23-19(29-24-18)25-7-9-26(10-8-25)30(27,28)17-12-15(21)5-6-16(17)22/h1-6,12H,7-11H2. The van der Waals surface area contributed by atoms with Gasteiger partial charge >= 0.3 is 0 Å². The predicted molar refractivity (Wildman–Crippen MR) is 122 cm³/mol. The number of benzene rings is 2. The molecule has 2 aromatic carbocycles. The van der Waals surface area contributed by atoms with Gasteiger partial charge in [-0.25, -0.2) is 13.4 Å². The first-order valence-corrected chi connectivity index (χ1v) is 12.4. The highest BCUT2D eigenvalue weighted by molar-refractivity contribution is 7.89. The zero-order valence-corrected chi connectivity index (χ0v) is 19.5. The second-order valence-electron chi connectivity index (χ2n) is 6.76. The summed E-state index contributed by atoms with van der Waals surface area (Å²) in [6.45, 7) is 1.70. The van der Waals surface area contributed by atoms with Crippen molar-refractivity contribution in [1.82, 2.24) is 13.7 Å². The molecule has 1 aliphatic rings. The molecule has 2 heterocycles. The van der Waals surface area contributed by atoms with E-state index in [-0.39, 0.29) is 9.92 Å². The predicted octanol–water partition coefficient (Wildman–Crippen LogP) is 4.60. The Kier molecular flexibility index (Phi) is 6.53. The van der Waals surface area contributed by atoms with Gasteiger partial charge in [-0.1, -0.05) is 46.9 Å². The summed E-state index contributed by atoms with van der Waals surface area (Å²) in [5, 5.41) is 1.98. The summed E-state index contributed by atoms with van der Waals surface area (Å²) < 4.78 is 31.8. The highest BCUT2D eigenvalue weighted by Crippen LogP contribution is 2.29. The molecular formula is C19H17Cl3N4O2S2. The molecule has 0 bridgehead atoms. The third kappa shape index (κ3) is 4.74. The van der Waals surface area contributed by atoms with Gasteiger partial charge in [-0.15, -0.1) is 0 Å². The average Bonchev–Trinajstić information content (AvgIpc) is 3.20. The zero-order valence-electron chi connectivity index (χ0n) is 15.6. The molecule has 1 fully saturated rings. The number of halogens is 3. The fourth-order valence-corrected chi connectivity index (χ4v) is 6.19. The summed E-state index contributed by atoms with van der Waals surface area (Å²) in [6, 6.07) is 12.0. The largest absolute Gasteiger partial charge is 0.344 e. The van der Waals surface area contributed by atoms with Gasteiger partial charge in [0.25, 0.3) is 0 Å². The number of hydrogen-bond acceptors (Lipinski definition) is 6. The van der Waals surface area contributed by atoms with Gasteiger partial charge in [0.05, 0.1) is 5.02 Å². The summed E-state index contributed by atoms with van der Waals surface area (Å²) in [4.78, 5) is 6.70. The number of rotatable bonds is 5. The number of piperazine rings is 1. The molecule has 0 aliphatic carbocycles. The van der Waals surface area contributed by atoms with Gasteiger partial charge in [0.15, 0.2) is 0 Å². The monoisotopic (exact) mass is 502 g/mol. The van der Waals surface area contributed by atoms with Crippen LogP contribution in [0.15, 0.2) is 47.4 Å². The summed E-state index contributed by atoms with van der Waals surface area (Å²) in [5.41, 5.74) is 1.08. The van der Waals surface area contributed by atoms with Gasteiger partial charge in [-0.3, -0.25) is 0 Å². The Morgan fingerprint density at radius 2 is 1.60 bits per heavy atom. The van der Waals surface area contributed by atoms with Gasteiger partial charge in [0.1, 0.15) is 10.7 Å². The molecule has 0 unspecified atom stereocenters. The fraction of sp³-hybridized carbons (Fsp3) is 0.263. The molecule has 0 spiro atoms. The molecule has 3 aromatic rings. The Labute approximate surface area is 194 Å². The first-order valence-electron chi connectivity index (χ1n) is 9.10. The SMILES string of the molecule is O=S(=O)(c1cc(Cl)ccc1Cl)N1CCN(c2nc(Cc3ccc(Cl)cc3)ns2)CC1. The Morgan fingerprint density at radius 3 is 2.30 bits per heavy atom. The number of nitrogens with zero attached hydrogens (tertiary/aromatic N) is 4. The first kappa shape index (κ1) is 21.8. The Bertz CT molecular complexity index is 1140. The lowest BCUT2D eigenvalue weighted by atomic mass is 10.1. The average molecular weight is 504 g/mol. The third-order valence-electron chi connectivity index (χ3n) is 4.75. The van der Waals surface area contributed by atoms with E-state index in [1.807, 2.05) is 24.3 Å². The quantitative estimate of drug-likeness (QED) is 0.509. The maximum absolute atomic E-state index is 13.0. The van der Waals surface area contributed by atoms with E-state index in [1.165, 1.54) is 28.0 Å². The Hall–Kier alpha value is -1.42. The molecule has 0 radical (unpaired) electrons. The minimum absolute atomic E-state index is 0.0336. The smallest absolute Gasteiger partial charge is 0.244 e. The molecule has 1 aromatic heterocycles. The normalized spacial score (nSPS) is 15.5. The number of aromatic nitrogens is 2. The highest BCUT2D eigenvalue weighted by Gasteiger charge is 2.31. The van der Waals surface area contributed by atoms with Crippen molar-refractivity contribution < 1.29 is 8.42 Å². The number of hydrogen-bond donors (Lipinski definition) is 0. The number of anilines is 1. The van der Waals surface area contributed by atoms with E-state index in [4.69, 9.17) is 34.8 Å². The topological polar surface area (TPSA) is 66.4 Å². The van der Waals surface area contributed by atoms with Gasteiger partial charge in [0.2, 0.25) is 15.2 Å². The summed E-state index contributed by atoms with van der Waals surface area (Å²) in [7, 11) is -3.71. The van der Waals surface area contributed by atoms with E-state index >= 15 is 0 Å². The lowest BCUT2D eigenvalue weighted by molar-refractivity contribution is 0.384. The molecule has 0 atom stereocenters. The number of sulfonamides is 1. The van der Waals surface area contributed by atoms with Crippen molar-refractivity contribution >= 4 is 61.5 Å². The molecule has 1 saturated heterocycles. The van der Waals surface area contributed by atoms with Crippen LogP contribution in [0.5, 0.6) is 0 Å². The maximum atomic E-state index is 13.0. The lowest BCUT2D eigenvalue weighted by Gasteiger charge is -2.33. The molecule has 30 heavy (non-hydrogen) atoms. The van der Waals surface area contributed by atoms with Crippen molar-refractivity contribution in [2.45, 2.75) is 11.3 Å². The van der Waals surface area contributed by atoms with Crippen molar-refractivity contribution in [1.29, 1.82) is 0 Å². The van der Waals surface area contributed by atoms with Crippen LogP contribution in [0.4, 0.5) is 5.13 Å². The van der Waals surface area contributed by atoms with Gasteiger partial charge in [-0.05, 0) is 35.9 Å². The van der Waals surface area contributed by atoms with Crippen molar-refractivity contribution in [3.8, 4) is 0 Å². The second kappa shape index (κ2) is 8.98. The van der Waals surface area contributed by atoms with E-state index in [2.05, 4.69) is 14.3 Å². The molecule has 4 rings (SSSR count). The van der Waals surface area contributed by atoms with Crippen LogP contribution in [0.25, 0.3) is 0 Å². The first-order chi connectivity index (χ1) is 14.3. The molecule has 6 nitrogen and oxygen atoms in total. The van der Waals surface area contributed by atoms with Gasteiger partial charge in [0, 0.05) is 54.2 Å². The van der Waals surface area contributed by atoms with Gasteiger partial charge in [-0.2, -0.15) is 8.68 Å². The van der Waals surface area contributed by atoms with Crippen LogP contribution in [-0.4, -0.2) is 48.3 Å². The minimum atomic E-state index is -3.71. The van der Waals surface area contributed by atoms with Crippen LogP contribution in [0.3, 0.4) is 0 Å². The minimum Gasteiger partial charge on any atom is -0.344 e. The second-order valence-corrected chi connectivity index (χ2v) is 10.7. The van der Waals surface area contributed by atoms with Crippen molar-refractivity contribution in [3.63, 3.8) is 0 Å². The molecule has 1 aliphatic heterocycles. The third-order valence-corrected chi connectivity index (χ3v) is 8.44. The van der Waals surface area contributed by atoms with Crippen LogP contribution >= 0.6 is 46.3 Å². The highest BCUT2D eigenvalue weighted by atomic mass is 35.5. The van der Waals surface area contributed by atoms with E-state index in [1.54, 1.807) is 6.07 Å². The van der Waals surface area contributed by atoms with E-state index in [0.717, 1.165) is 16.5 Å². The molecule has 0 N–H and O–H groups in total. The molecule has 0 saturated carbocycles. The Morgan fingerprint density at radius 1 is 0.933 bits per heavy atom. The summed E-state index contributed by atoms with van der Waals surface area (Å²) in [6.07, 6.45) is 0.620. The van der Waals surface area contributed by atoms with Crippen LogP contribution in [0, 0.1) is 0 Å². The van der Waals surface area contributed by atoms with Crippen molar-refractivity contribution in [2.75, 3.05) is 31.1 Å². The zero-order chi connectivity index (χ0) is 21.3. The molecule has 0 amide bonds. The molecule has 158 valence electrons. The molecule has 11 heteroatoms. The maximum Gasteiger partial charge on any atom is 0.244 e. The van der Waals surface area contributed by atoms with Crippen LogP contribution in [-0.2, 0) is 16.4 Å².